The Morgan fingerprint density at radius 2 is 1.79 bits per heavy atom. The first-order valence-corrected chi connectivity index (χ1v) is 8.84. The second-order valence-electron chi connectivity index (χ2n) is 6.32. The molecule has 0 atom stereocenters. The third-order valence-electron chi connectivity index (χ3n) is 4.55. The van der Waals surface area contributed by atoms with Gasteiger partial charge in [0.25, 0.3) is 5.91 Å². The van der Waals surface area contributed by atoms with Gasteiger partial charge in [-0.25, -0.2) is 4.98 Å². The lowest BCUT2D eigenvalue weighted by Gasteiger charge is -2.13. The van der Waals surface area contributed by atoms with E-state index in [0.717, 1.165) is 11.3 Å². The van der Waals surface area contributed by atoms with Crippen molar-refractivity contribution in [3.05, 3.63) is 71.4 Å². The normalized spacial score (nSPS) is 10.3. The summed E-state index contributed by atoms with van der Waals surface area (Å²) < 4.78 is 10.5. The number of aromatic nitrogens is 1. The average molecular weight is 377 g/mol. The van der Waals surface area contributed by atoms with Gasteiger partial charge in [-0.1, -0.05) is 12.1 Å². The summed E-state index contributed by atoms with van der Waals surface area (Å²) in [5.74, 6) is 1.57. The van der Waals surface area contributed by atoms with Gasteiger partial charge in [-0.05, 0) is 55.3 Å². The van der Waals surface area contributed by atoms with E-state index in [1.807, 2.05) is 12.1 Å². The van der Waals surface area contributed by atoms with Crippen molar-refractivity contribution >= 4 is 23.1 Å². The van der Waals surface area contributed by atoms with Crippen molar-refractivity contribution in [2.75, 3.05) is 24.9 Å². The van der Waals surface area contributed by atoms with Crippen LogP contribution in [0, 0.1) is 13.8 Å². The molecule has 0 radical (unpaired) electrons. The molecule has 3 rings (SSSR count). The highest BCUT2D eigenvalue weighted by atomic mass is 16.5. The second-order valence-corrected chi connectivity index (χ2v) is 6.32. The van der Waals surface area contributed by atoms with Crippen LogP contribution < -0.4 is 20.1 Å². The fourth-order valence-electron chi connectivity index (χ4n) is 2.73. The zero-order chi connectivity index (χ0) is 20.1. The molecule has 0 aliphatic carbocycles. The van der Waals surface area contributed by atoms with Crippen LogP contribution in [0.25, 0.3) is 0 Å². The Morgan fingerprint density at radius 3 is 2.46 bits per heavy atom. The minimum Gasteiger partial charge on any atom is -0.497 e. The first kappa shape index (κ1) is 19.2. The van der Waals surface area contributed by atoms with Gasteiger partial charge in [0.05, 0.1) is 25.5 Å². The van der Waals surface area contributed by atoms with Gasteiger partial charge >= 0.3 is 0 Å². The van der Waals surface area contributed by atoms with E-state index in [-0.39, 0.29) is 5.91 Å². The summed E-state index contributed by atoms with van der Waals surface area (Å²) in [6, 6.07) is 14.8. The Morgan fingerprint density at radius 1 is 0.964 bits per heavy atom. The fraction of sp³-hybridized carbons (Fsp3) is 0.182. The van der Waals surface area contributed by atoms with Gasteiger partial charge in [-0.3, -0.25) is 4.79 Å². The molecule has 0 aliphatic heterocycles. The molecule has 0 aliphatic rings. The zero-order valence-electron chi connectivity index (χ0n) is 16.4. The molecule has 0 saturated heterocycles. The Bertz CT molecular complexity index is 985. The van der Waals surface area contributed by atoms with Crippen molar-refractivity contribution in [3.8, 4) is 11.5 Å². The maximum absolute atomic E-state index is 12.6. The van der Waals surface area contributed by atoms with Gasteiger partial charge < -0.3 is 20.1 Å². The van der Waals surface area contributed by atoms with Crippen molar-refractivity contribution in [1.82, 2.24) is 4.98 Å². The van der Waals surface area contributed by atoms with Crippen LogP contribution in [0.5, 0.6) is 11.5 Å². The van der Waals surface area contributed by atoms with Crippen LogP contribution >= 0.6 is 0 Å². The Kier molecular flexibility index (Phi) is 5.79. The van der Waals surface area contributed by atoms with E-state index in [2.05, 4.69) is 35.5 Å². The van der Waals surface area contributed by atoms with Crippen LogP contribution in [0.1, 0.15) is 21.5 Å². The highest BCUT2D eigenvalue weighted by Crippen LogP contribution is 2.29. The quantitative estimate of drug-likeness (QED) is 0.651. The number of rotatable bonds is 6. The van der Waals surface area contributed by atoms with Crippen LogP contribution in [0.2, 0.25) is 0 Å². The number of nitrogens with zero attached hydrogens (tertiary/aromatic N) is 1. The van der Waals surface area contributed by atoms with Gasteiger partial charge in [0.1, 0.15) is 17.3 Å². The standard InChI is InChI=1S/C22H23N3O3/c1-14-6-5-7-18(15(14)2)24-21-11-8-16(13-23-21)22(26)25-19-12-17(27-3)9-10-20(19)28-4/h5-13H,1-4H3,(H,23,24)(H,25,26). The van der Waals surface area contributed by atoms with Crippen LogP contribution in [0.3, 0.4) is 0 Å². The Balaban J connectivity index is 1.75. The number of ether oxygens (including phenoxy) is 2. The summed E-state index contributed by atoms with van der Waals surface area (Å²) in [6.07, 6.45) is 1.54. The highest BCUT2D eigenvalue weighted by Gasteiger charge is 2.12. The third-order valence-corrected chi connectivity index (χ3v) is 4.55. The Labute approximate surface area is 164 Å². The molecule has 0 bridgehead atoms. The van der Waals surface area contributed by atoms with Crippen molar-refractivity contribution in [3.63, 3.8) is 0 Å². The molecule has 144 valence electrons. The number of amides is 1. The number of carbonyl (C=O) groups excluding carboxylic acids is 1. The number of pyridine rings is 1. The molecule has 1 heterocycles. The molecular formula is C22H23N3O3. The predicted octanol–water partition coefficient (Wildman–Crippen LogP) is 4.71. The van der Waals surface area contributed by atoms with Gasteiger partial charge in [-0.2, -0.15) is 0 Å². The predicted molar refractivity (Wildman–Crippen MR) is 111 cm³/mol. The van der Waals surface area contributed by atoms with E-state index in [1.165, 1.54) is 11.8 Å². The van der Waals surface area contributed by atoms with E-state index in [4.69, 9.17) is 9.47 Å². The number of hydrogen-bond donors (Lipinski definition) is 2. The fourth-order valence-corrected chi connectivity index (χ4v) is 2.73. The summed E-state index contributed by atoms with van der Waals surface area (Å²) in [6.45, 7) is 4.12. The molecule has 2 aromatic carbocycles. The third kappa shape index (κ3) is 4.23. The van der Waals surface area contributed by atoms with Crippen molar-refractivity contribution < 1.29 is 14.3 Å². The zero-order valence-corrected chi connectivity index (χ0v) is 16.4. The largest absolute Gasteiger partial charge is 0.497 e. The van der Waals surface area contributed by atoms with Crippen molar-refractivity contribution in [2.24, 2.45) is 0 Å². The van der Waals surface area contributed by atoms with Crippen molar-refractivity contribution in [2.45, 2.75) is 13.8 Å². The summed E-state index contributed by atoms with van der Waals surface area (Å²) in [5, 5.41) is 6.12. The lowest BCUT2D eigenvalue weighted by Crippen LogP contribution is -2.13. The SMILES string of the molecule is COc1ccc(OC)c(NC(=O)c2ccc(Nc3cccc(C)c3C)nc2)c1. The number of carbonyl (C=O) groups is 1. The highest BCUT2D eigenvalue weighted by molar-refractivity contribution is 6.05. The summed E-state index contributed by atoms with van der Waals surface area (Å²) in [5.41, 5.74) is 4.33. The lowest BCUT2D eigenvalue weighted by atomic mass is 10.1. The van der Waals surface area contributed by atoms with E-state index < -0.39 is 0 Å². The number of methoxy groups -OCH3 is 2. The van der Waals surface area contributed by atoms with Crippen LogP contribution in [0.4, 0.5) is 17.2 Å². The molecule has 2 N–H and O–H groups in total. The van der Waals surface area contributed by atoms with E-state index >= 15 is 0 Å². The molecule has 1 aromatic heterocycles. The first-order valence-electron chi connectivity index (χ1n) is 8.84. The second kappa shape index (κ2) is 8.43. The topological polar surface area (TPSA) is 72.5 Å². The monoisotopic (exact) mass is 377 g/mol. The lowest BCUT2D eigenvalue weighted by molar-refractivity contribution is 0.102. The van der Waals surface area contributed by atoms with E-state index in [9.17, 15) is 4.79 Å². The molecule has 6 heteroatoms. The van der Waals surface area contributed by atoms with Crippen LogP contribution in [-0.4, -0.2) is 25.1 Å². The molecule has 28 heavy (non-hydrogen) atoms. The smallest absolute Gasteiger partial charge is 0.257 e. The number of benzene rings is 2. The Hall–Kier alpha value is -3.54. The van der Waals surface area contributed by atoms with Crippen LogP contribution in [0.15, 0.2) is 54.7 Å². The minimum absolute atomic E-state index is 0.280. The average Bonchev–Trinajstić information content (AvgIpc) is 2.71. The maximum atomic E-state index is 12.6. The minimum atomic E-state index is -0.280. The van der Waals surface area contributed by atoms with Crippen LogP contribution in [-0.2, 0) is 0 Å². The molecule has 0 saturated carbocycles. The first-order chi connectivity index (χ1) is 13.5. The van der Waals surface area contributed by atoms with E-state index in [0.29, 0.717) is 28.6 Å². The molecule has 0 fully saturated rings. The molecule has 1 amide bonds. The van der Waals surface area contributed by atoms with Gasteiger partial charge in [-0.15, -0.1) is 0 Å². The summed E-state index contributed by atoms with van der Waals surface area (Å²) >= 11 is 0. The number of anilines is 3. The maximum Gasteiger partial charge on any atom is 0.257 e. The number of aryl methyl sites for hydroxylation is 1. The molecule has 0 spiro atoms. The van der Waals surface area contributed by atoms with Gasteiger partial charge in [0, 0.05) is 18.0 Å². The summed E-state index contributed by atoms with van der Waals surface area (Å²) in [4.78, 5) is 16.9. The number of hydrogen-bond acceptors (Lipinski definition) is 5. The van der Waals surface area contributed by atoms with Gasteiger partial charge in [0.15, 0.2) is 0 Å². The molecule has 6 nitrogen and oxygen atoms in total. The molecular weight excluding hydrogens is 354 g/mol. The number of nitrogens with one attached hydrogen (secondary N) is 2. The summed E-state index contributed by atoms with van der Waals surface area (Å²) in [7, 11) is 3.12. The van der Waals surface area contributed by atoms with E-state index in [1.54, 1.807) is 44.6 Å². The molecule has 3 aromatic rings. The van der Waals surface area contributed by atoms with Gasteiger partial charge in [0.2, 0.25) is 0 Å². The molecule has 0 unspecified atom stereocenters. The van der Waals surface area contributed by atoms with Crippen molar-refractivity contribution in [1.29, 1.82) is 0 Å².